The number of ether oxygens (including phenoxy) is 1. The molecule has 0 bridgehead atoms. The topological polar surface area (TPSA) is 81.2 Å². The van der Waals surface area contributed by atoms with E-state index in [4.69, 9.17) is 4.74 Å². The minimum Gasteiger partial charge on any atom is -0.470 e. The second-order valence-electron chi connectivity index (χ2n) is 7.94. The molecule has 0 radical (unpaired) electrons. The summed E-state index contributed by atoms with van der Waals surface area (Å²) in [7, 11) is -4.68. The van der Waals surface area contributed by atoms with Crippen LogP contribution in [0.5, 0.6) is 5.88 Å². The molecule has 1 N–H and O–H groups in total. The normalized spacial score (nSPS) is 12.1. The van der Waals surface area contributed by atoms with E-state index in [9.17, 15) is 21.6 Å². The molecule has 0 atom stereocenters. The summed E-state index contributed by atoms with van der Waals surface area (Å²) in [5.74, 6) is -0.471. The predicted molar refractivity (Wildman–Crippen MR) is 130 cm³/mol. The van der Waals surface area contributed by atoms with Crippen molar-refractivity contribution >= 4 is 37.6 Å². The molecular formula is C26H18F3N3O3S. The molecule has 0 saturated carbocycles. The van der Waals surface area contributed by atoms with E-state index in [0.29, 0.717) is 17.1 Å². The van der Waals surface area contributed by atoms with Gasteiger partial charge in [-0.2, -0.15) is 13.2 Å². The zero-order valence-electron chi connectivity index (χ0n) is 18.5. The SMILES string of the molecule is O=S(=O)(Nc1nc2ccccc2nc1OCc1ccc2ccccc2c1)c1ccccc1C(F)(F)F. The molecule has 1 heterocycles. The van der Waals surface area contributed by atoms with Crippen LogP contribution in [-0.4, -0.2) is 18.4 Å². The number of sulfonamides is 1. The standard InChI is InChI=1S/C26H18F3N3O3S/c27-26(28,29)20-9-3-6-12-23(20)36(33,34)32-24-25(31-22-11-5-4-10-21(22)30-24)35-16-17-13-14-18-7-1-2-8-19(18)15-17/h1-15H,16H2,(H,30,32). The van der Waals surface area contributed by atoms with Crippen molar-refractivity contribution in [2.45, 2.75) is 17.7 Å². The first-order valence-corrected chi connectivity index (χ1v) is 12.3. The highest BCUT2D eigenvalue weighted by Crippen LogP contribution is 2.35. The molecule has 0 aliphatic rings. The van der Waals surface area contributed by atoms with Crippen LogP contribution in [0.15, 0.2) is 95.9 Å². The largest absolute Gasteiger partial charge is 0.470 e. The maximum absolute atomic E-state index is 13.5. The van der Waals surface area contributed by atoms with Crippen LogP contribution >= 0.6 is 0 Å². The summed E-state index contributed by atoms with van der Waals surface area (Å²) in [6.45, 7) is 0.0335. The highest BCUT2D eigenvalue weighted by atomic mass is 32.2. The number of benzene rings is 4. The van der Waals surface area contributed by atoms with Gasteiger partial charge in [0, 0.05) is 0 Å². The number of nitrogens with one attached hydrogen (secondary N) is 1. The smallest absolute Gasteiger partial charge is 0.417 e. The van der Waals surface area contributed by atoms with Crippen LogP contribution in [-0.2, 0) is 22.8 Å². The Morgan fingerprint density at radius 3 is 2.17 bits per heavy atom. The van der Waals surface area contributed by atoms with Gasteiger partial charge >= 0.3 is 6.18 Å². The fraction of sp³-hybridized carbons (Fsp3) is 0.0769. The zero-order valence-corrected chi connectivity index (χ0v) is 19.3. The summed E-state index contributed by atoms with van der Waals surface area (Å²) in [6.07, 6.45) is -4.87. The number of alkyl halides is 3. The Morgan fingerprint density at radius 1 is 0.778 bits per heavy atom. The van der Waals surface area contributed by atoms with E-state index in [-0.39, 0.29) is 18.3 Å². The fourth-order valence-corrected chi connectivity index (χ4v) is 4.98. The molecule has 5 aromatic rings. The van der Waals surface area contributed by atoms with Crippen molar-refractivity contribution in [2.24, 2.45) is 0 Å². The molecule has 10 heteroatoms. The molecule has 5 rings (SSSR count). The molecule has 36 heavy (non-hydrogen) atoms. The molecule has 182 valence electrons. The van der Waals surface area contributed by atoms with Gasteiger partial charge in [0.1, 0.15) is 6.61 Å². The van der Waals surface area contributed by atoms with E-state index in [1.165, 1.54) is 6.07 Å². The summed E-state index contributed by atoms with van der Waals surface area (Å²) in [5.41, 5.74) is 0.284. The Hall–Kier alpha value is -4.18. The van der Waals surface area contributed by atoms with E-state index in [2.05, 4.69) is 14.7 Å². The van der Waals surface area contributed by atoms with Gasteiger partial charge < -0.3 is 4.74 Å². The van der Waals surface area contributed by atoms with E-state index in [0.717, 1.165) is 28.5 Å². The van der Waals surface area contributed by atoms with Crippen molar-refractivity contribution in [3.63, 3.8) is 0 Å². The summed E-state index contributed by atoms with van der Waals surface area (Å²) < 4.78 is 74.5. The van der Waals surface area contributed by atoms with Crippen LogP contribution in [0.2, 0.25) is 0 Å². The number of rotatable bonds is 6. The number of fused-ring (bicyclic) bond motifs is 2. The number of nitrogens with zero attached hydrogens (tertiary/aromatic N) is 2. The Labute approximate surface area is 204 Å². The minimum absolute atomic E-state index is 0.0335. The van der Waals surface area contributed by atoms with Crippen LogP contribution in [0.1, 0.15) is 11.1 Å². The molecule has 0 aliphatic heterocycles. The number of hydrogen-bond acceptors (Lipinski definition) is 5. The van der Waals surface area contributed by atoms with Crippen LogP contribution in [0.3, 0.4) is 0 Å². The van der Waals surface area contributed by atoms with E-state index in [1.807, 2.05) is 42.5 Å². The number of anilines is 1. The molecule has 4 aromatic carbocycles. The lowest BCUT2D eigenvalue weighted by Crippen LogP contribution is -2.20. The van der Waals surface area contributed by atoms with Gasteiger partial charge in [0.25, 0.3) is 15.9 Å². The third kappa shape index (κ3) is 4.80. The van der Waals surface area contributed by atoms with Gasteiger partial charge in [-0.1, -0.05) is 60.7 Å². The first-order chi connectivity index (χ1) is 17.2. The quantitative estimate of drug-likeness (QED) is 0.296. The Kier molecular flexibility index (Phi) is 5.97. The Bertz CT molecular complexity index is 1690. The molecule has 0 amide bonds. The maximum Gasteiger partial charge on any atom is 0.417 e. The molecule has 0 unspecified atom stereocenters. The summed E-state index contributed by atoms with van der Waals surface area (Å²) in [4.78, 5) is 7.73. The highest BCUT2D eigenvalue weighted by Gasteiger charge is 2.37. The number of para-hydroxylation sites is 2. The Morgan fingerprint density at radius 2 is 1.42 bits per heavy atom. The number of hydrogen-bond donors (Lipinski definition) is 1. The van der Waals surface area contributed by atoms with Gasteiger partial charge in [-0.05, 0) is 46.7 Å². The average Bonchev–Trinajstić information content (AvgIpc) is 2.86. The van der Waals surface area contributed by atoms with Crippen molar-refractivity contribution in [3.8, 4) is 5.88 Å². The minimum atomic E-state index is -4.87. The van der Waals surface area contributed by atoms with Crippen LogP contribution in [0.25, 0.3) is 21.8 Å². The molecule has 0 spiro atoms. The molecule has 0 fully saturated rings. The summed E-state index contributed by atoms with van der Waals surface area (Å²) in [5, 5.41) is 2.04. The number of aromatic nitrogens is 2. The molecule has 0 aliphatic carbocycles. The molecule has 6 nitrogen and oxygen atoms in total. The van der Waals surface area contributed by atoms with E-state index < -0.39 is 26.7 Å². The van der Waals surface area contributed by atoms with Crippen molar-refractivity contribution in [2.75, 3.05) is 4.72 Å². The maximum atomic E-state index is 13.5. The molecule has 0 saturated heterocycles. The van der Waals surface area contributed by atoms with Crippen molar-refractivity contribution in [3.05, 3.63) is 102 Å². The first-order valence-electron chi connectivity index (χ1n) is 10.8. The van der Waals surface area contributed by atoms with Gasteiger partial charge in [-0.25, -0.2) is 18.4 Å². The van der Waals surface area contributed by atoms with Gasteiger partial charge in [0.15, 0.2) is 0 Å². The number of halogens is 3. The van der Waals surface area contributed by atoms with Crippen LogP contribution in [0, 0.1) is 0 Å². The fourth-order valence-electron chi connectivity index (χ4n) is 3.75. The van der Waals surface area contributed by atoms with Crippen LogP contribution in [0.4, 0.5) is 19.0 Å². The lowest BCUT2D eigenvalue weighted by atomic mass is 10.1. The van der Waals surface area contributed by atoms with Gasteiger partial charge in [-0.15, -0.1) is 0 Å². The van der Waals surface area contributed by atoms with Crippen LogP contribution < -0.4 is 9.46 Å². The second-order valence-corrected chi connectivity index (χ2v) is 9.59. The summed E-state index contributed by atoms with van der Waals surface area (Å²) in [6, 6.07) is 24.1. The first kappa shape index (κ1) is 23.6. The summed E-state index contributed by atoms with van der Waals surface area (Å²) >= 11 is 0. The predicted octanol–water partition coefficient (Wildman–Crippen LogP) is 6.18. The Balaban J connectivity index is 1.52. The highest BCUT2D eigenvalue weighted by molar-refractivity contribution is 7.92. The zero-order chi connectivity index (χ0) is 25.3. The van der Waals surface area contributed by atoms with Crippen molar-refractivity contribution in [1.82, 2.24) is 9.97 Å². The van der Waals surface area contributed by atoms with E-state index in [1.54, 1.807) is 24.3 Å². The van der Waals surface area contributed by atoms with Crippen molar-refractivity contribution in [1.29, 1.82) is 0 Å². The lowest BCUT2D eigenvalue weighted by molar-refractivity contribution is -0.139. The monoisotopic (exact) mass is 509 g/mol. The van der Waals surface area contributed by atoms with E-state index >= 15 is 0 Å². The third-order valence-electron chi connectivity index (χ3n) is 5.44. The second kappa shape index (κ2) is 9.12. The molecular weight excluding hydrogens is 491 g/mol. The average molecular weight is 510 g/mol. The van der Waals surface area contributed by atoms with Gasteiger partial charge in [0.05, 0.1) is 21.5 Å². The van der Waals surface area contributed by atoms with Gasteiger partial charge in [0.2, 0.25) is 5.82 Å². The molecule has 1 aromatic heterocycles. The van der Waals surface area contributed by atoms with Gasteiger partial charge in [-0.3, -0.25) is 4.72 Å². The van der Waals surface area contributed by atoms with Crippen molar-refractivity contribution < 1.29 is 26.3 Å². The lowest BCUT2D eigenvalue weighted by Gasteiger charge is -2.16. The third-order valence-corrected chi connectivity index (χ3v) is 6.84.